The summed E-state index contributed by atoms with van der Waals surface area (Å²) in [5.74, 6) is 0.563. The third kappa shape index (κ3) is 4.48. The summed E-state index contributed by atoms with van der Waals surface area (Å²) in [6.07, 6.45) is 0. The molecule has 4 nitrogen and oxygen atoms in total. The summed E-state index contributed by atoms with van der Waals surface area (Å²) in [4.78, 5) is 10.6. The maximum Gasteiger partial charge on any atom is 0.259 e. The van der Waals surface area contributed by atoms with Crippen LogP contribution in [0.5, 0.6) is 5.75 Å². The predicted molar refractivity (Wildman–Crippen MR) is 78.2 cm³/mol. The van der Waals surface area contributed by atoms with Crippen LogP contribution in [0.3, 0.4) is 0 Å². The molecular weight excluding hydrogens is 276 g/mol. The number of halogens is 1. The summed E-state index contributed by atoms with van der Waals surface area (Å²) in [7, 11) is 0. The molecule has 102 valence electrons. The van der Waals surface area contributed by atoms with E-state index in [0.29, 0.717) is 11.4 Å². The van der Waals surface area contributed by atoms with Crippen LogP contribution in [0.15, 0.2) is 58.8 Å². The molecule has 2 rings (SSSR count). The van der Waals surface area contributed by atoms with Crippen LogP contribution in [0.25, 0.3) is 0 Å². The summed E-state index contributed by atoms with van der Waals surface area (Å²) in [6.45, 7) is 1.87. The third-order valence-corrected chi connectivity index (χ3v) is 2.61. The van der Waals surface area contributed by atoms with Gasteiger partial charge in [0.15, 0.2) is 6.61 Å². The van der Waals surface area contributed by atoms with Crippen molar-refractivity contribution >= 4 is 28.2 Å². The molecule has 0 fully saturated rings. The third-order valence-electron chi connectivity index (χ3n) is 2.50. The van der Waals surface area contributed by atoms with E-state index in [1.54, 1.807) is 24.3 Å². The molecule has 0 atom stereocenters. The number of hydrogen-bond donors (Lipinski definition) is 0. The fraction of sp³-hybridized carbons (Fsp3) is 0.133. The van der Waals surface area contributed by atoms with Gasteiger partial charge in [0.1, 0.15) is 5.75 Å². The van der Waals surface area contributed by atoms with Crippen LogP contribution in [-0.2, 0) is 4.79 Å². The van der Waals surface area contributed by atoms with Gasteiger partial charge in [0, 0.05) is 0 Å². The Labute approximate surface area is 122 Å². The van der Waals surface area contributed by atoms with Gasteiger partial charge in [-0.3, -0.25) is 4.79 Å². The number of carbonyl (C=O) groups is 1. The van der Waals surface area contributed by atoms with E-state index in [2.05, 4.69) is 10.2 Å². The topological polar surface area (TPSA) is 51.0 Å². The molecular formula is C15H13ClN2O2. The summed E-state index contributed by atoms with van der Waals surface area (Å²) in [5.41, 5.74) is 2.68. The number of benzene rings is 2. The smallest absolute Gasteiger partial charge is 0.259 e. The Balaban J connectivity index is 1.99. The van der Waals surface area contributed by atoms with Crippen LogP contribution in [0.1, 0.15) is 5.56 Å². The van der Waals surface area contributed by atoms with Crippen molar-refractivity contribution < 1.29 is 9.53 Å². The first-order valence-corrected chi connectivity index (χ1v) is 6.41. The molecule has 2 aromatic rings. The highest BCUT2D eigenvalue weighted by atomic mass is 35.5. The zero-order valence-corrected chi connectivity index (χ0v) is 11.7. The number of hydrogen-bond acceptors (Lipinski definition) is 4. The molecule has 0 spiro atoms. The summed E-state index contributed by atoms with van der Waals surface area (Å²) in [6, 6.07) is 14.7. The Morgan fingerprint density at radius 3 is 2.00 bits per heavy atom. The quantitative estimate of drug-likeness (QED) is 0.598. The van der Waals surface area contributed by atoms with Crippen LogP contribution in [0, 0.1) is 6.92 Å². The number of ether oxygens (including phenoxy) is 1. The molecule has 0 aliphatic rings. The zero-order chi connectivity index (χ0) is 14.4. The number of azo groups is 1. The predicted octanol–water partition coefficient (Wildman–Crippen LogP) is 4.55. The van der Waals surface area contributed by atoms with Crippen LogP contribution < -0.4 is 4.74 Å². The van der Waals surface area contributed by atoms with E-state index in [4.69, 9.17) is 16.3 Å². The number of aryl methyl sites for hydroxylation is 1. The Hall–Kier alpha value is -2.20. The lowest BCUT2D eigenvalue weighted by atomic mass is 10.2. The van der Waals surface area contributed by atoms with Gasteiger partial charge >= 0.3 is 0 Å². The fourth-order valence-corrected chi connectivity index (χ4v) is 1.53. The number of carbonyl (C=O) groups excluding carboxylic acids is 1. The van der Waals surface area contributed by atoms with Crippen molar-refractivity contribution in [2.75, 3.05) is 6.61 Å². The maximum absolute atomic E-state index is 10.6. The van der Waals surface area contributed by atoms with Crippen molar-refractivity contribution in [3.8, 4) is 5.75 Å². The van der Waals surface area contributed by atoms with Crippen LogP contribution in [0.2, 0.25) is 0 Å². The van der Waals surface area contributed by atoms with Gasteiger partial charge in [-0.2, -0.15) is 10.2 Å². The monoisotopic (exact) mass is 288 g/mol. The lowest BCUT2D eigenvalue weighted by Gasteiger charge is -2.02. The summed E-state index contributed by atoms with van der Waals surface area (Å²) >= 11 is 5.19. The number of rotatable bonds is 5. The minimum absolute atomic E-state index is 0.147. The molecule has 0 saturated heterocycles. The van der Waals surface area contributed by atoms with E-state index >= 15 is 0 Å². The van der Waals surface area contributed by atoms with Gasteiger partial charge in [0.25, 0.3) is 5.24 Å². The standard InChI is InChI=1S/C15H13ClN2O2/c1-11-2-4-12(5-3-11)17-18-13-6-8-14(9-7-13)20-10-15(16)19/h2-9H,10H2,1H3. The van der Waals surface area contributed by atoms with E-state index in [-0.39, 0.29) is 6.61 Å². The van der Waals surface area contributed by atoms with Crippen molar-refractivity contribution in [1.29, 1.82) is 0 Å². The molecule has 2 aromatic carbocycles. The van der Waals surface area contributed by atoms with Gasteiger partial charge in [-0.05, 0) is 54.9 Å². The van der Waals surface area contributed by atoms with E-state index in [1.165, 1.54) is 5.56 Å². The van der Waals surface area contributed by atoms with Gasteiger partial charge in [0.2, 0.25) is 0 Å². The zero-order valence-electron chi connectivity index (χ0n) is 10.9. The molecule has 0 bridgehead atoms. The minimum atomic E-state index is -0.534. The fourth-order valence-electron chi connectivity index (χ4n) is 1.48. The Morgan fingerprint density at radius 2 is 1.50 bits per heavy atom. The Bertz CT molecular complexity index is 607. The highest BCUT2D eigenvalue weighted by Crippen LogP contribution is 2.21. The highest BCUT2D eigenvalue weighted by Gasteiger charge is 1.98. The second kappa shape index (κ2) is 6.82. The maximum atomic E-state index is 10.6. The molecule has 0 aromatic heterocycles. The van der Waals surface area contributed by atoms with Crippen LogP contribution >= 0.6 is 11.6 Å². The van der Waals surface area contributed by atoms with Gasteiger partial charge in [-0.25, -0.2) is 0 Å². The van der Waals surface area contributed by atoms with Gasteiger partial charge in [-0.15, -0.1) is 0 Å². The largest absolute Gasteiger partial charge is 0.484 e. The second-order valence-electron chi connectivity index (χ2n) is 4.17. The van der Waals surface area contributed by atoms with E-state index < -0.39 is 5.24 Å². The lowest BCUT2D eigenvalue weighted by Crippen LogP contribution is -2.03. The molecule has 20 heavy (non-hydrogen) atoms. The normalized spacial score (nSPS) is 10.7. The molecule has 0 aliphatic heterocycles. The molecule has 0 radical (unpaired) electrons. The molecule has 0 N–H and O–H groups in total. The molecule has 0 aliphatic carbocycles. The SMILES string of the molecule is Cc1ccc(N=Nc2ccc(OCC(=O)Cl)cc2)cc1. The van der Waals surface area contributed by atoms with Gasteiger partial charge < -0.3 is 4.74 Å². The van der Waals surface area contributed by atoms with Crippen molar-refractivity contribution in [3.05, 3.63) is 54.1 Å². The Kier molecular flexibility index (Phi) is 4.85. The van der Waals surface area contributed by atoms with Gasteiger partial charge in [0.05, 0.1) is 11.4 Å². The molecule has 0 amide bonds. The summed E-state index contributed by atoms with van der Waals surface area (Å²) < 4.78 is 5.14. The van der Waals surface area contributed by atoms with Crippen molar-refractivity contribution in [1.82, 2.24) is 0 Å². The summed E-state index contributed by atoms with van der Waals surface area (Å²) in [5, 5.41) is 7.72. The van der Waals surface area contributed by atoms with Crippen LogP contribution in [-0.4, -0.2) is 11.8 Å². The van der Waals surface area contributed by atoms with Crippen molar-refractivity contribution in [2.24, 2.45) is 10.2 Å². The van der Waals surface area contributed by atoms with Crippen molar-refractivity contribution in [2.45, 2.75) is 6.92 Å². The average molecular weight is 289 g/mol. The molecule has 0 unspecified atom stereocenters. The first-order valence-electron chi connectivity index (χ1n) is 6.03. The highest BCUT2D eigenvalue weighted by molar-refractivity contribution is 6.63. The molecule has 0 saturated carbocycles. The van der Waals surface area contributed by atoms with Gasteiger partial charge in [-0.1, -0.05) is 17.7 Å². The first kappa shape index (κ1) is 14.2. The lowest BCUT2D eigenvalue weighted by molar-refractivity contribution is -0.113. The Morgan fingerprint density at radius 1 is 1.00 bits per heavy atom. The van der Waals surface area contributed by atoms with E-state index in [1.807, 2.05) is 31.2 Å². The minimum Gasteiger partial charge on any atom is -0.484 e. The molecule has 0 heterocycles. The molecule has 5 heteroatoms. The van der Waals surface area contributed by atoms with Crippen LogP contribution in [0.4, 0.5) is 11.4 Å². The van der Waals surface area contributed by atoms with E-state index in [0.717, 1.165) is 5.69 Å². The average Bonchev–Trinajstić information content (AvgIpc) is 2.45. The van der Waals surface area contributed by atoms with E-state index in [9.17, 15) is 4.79 Å². The first-order chi connectivity index (χ1) is 9.63. The van der Waals surface area contributed by atoms with Crippen molar-refractivity contribution in [3.63, 3.8) is 0 Å². The second-order valence-corrected chi connectivity index (χ2v) is 4.59. The number of nitrogens with zero attached hydrogens (tertiary/aromatic N) is 2.